The lowest BCUT2D eigenvalue weighted by Crippen LogP contribution is -2.40. The van der Waals surface area contributed by atoms with Crippen LogP contribution in [0.2, 0.25) is 0 Å². The number of nitrogens with zero attached hydrogens (tertiary/aromatic N) is 2. The fourth-order valence-electron chi connectivity index (χ4n) is 2.55. The Morgan fingerprint density at radius 1 is 1.47 bits per heavy atom. The summed E-state index contributed by atoms with van der Waals surface area (Å²) in [4.78, 5) is 18.9. The second kappa shape index (κ2) is 4.39. The number of amides is 1. The van der Waals surface area contributed by atoms with Crippen LogP contribution in [0.3, 0.4) is 0 Å². The molecule has 1 aliphatic carbocycles. The molecule has 3 nitrogen and oxygen atoms in total. The Balaban J connectivity index is 2.25. The van der Waals surface area contributed by atoms with Crippen molar-refractivity contribution in [2.75, 3.05) is 4.55 Å². The van der Waals surface area contributed by atoms with E-state index in [0.717, 1.165) is 48.9 Å². The molecule has 0 aromatic heterocycles. The van der Waals surface area contributed by atoms with E-state index in [1.165, 1.54) is 0 Å². The lowest BCUT2D eigenvalue weighted by molar-refractivity contribution is -0.130. The second-order valence-electron chi connectivity index (χ2n) is 4.37. The van der Waals surface area contributed by atoms with Crippen molar-refractivity contribution in [3.05, 3.63) is 0 Å². The van der Waals surface area contributed by atoms with Crippen LogP contribution in [-0.4, -0.2) is 26.7 Å². The van der Waals surface area contributed by atoms with Gasteiger partial charge in [0.1, 0.15) is 11.4 Å². The maximum atomic E-state index is 12.3. The Kier molecular flexibility index (Phi) is 3.33. The quantitative estimate of drug-likeness (QED) is 0.447. The van der Waals surface area contributed by atoms with Crippen molar-refractivity contribution in [1.82, 2.24) is 4.90 Å². The summed E-state index contributed by atoms with van der Waals surface area (Å²) in [5.41, 5.74) is -0.338. The number of hydrogen-bond donors (Lipinski definition) is 0. The molecule has 1 spiro atoms. The van der Waals surface area contributed by atoms with E-state index in [9.17, 15) is 4.79 Å². The Labute approximate surface area is 104 Å². The Hall–Kier alpha value is -0.130. The minimum Gasteiger partial charge on any atom is -0.289 e. The predicted molar refractivity (Wildman–Crippen MR) is 69.3 cm³/mol. The van der Waals surface area contributed by atoms with Gasteiger partial charge in [0.05, 0.1) is 4.55 Å². The van der Waals surface area contributed by atoms with Crippen molar-refractivity contribution in [1.29, 1.82) is 0 Å². The van der Waals surface area contributed by atoms with Crippen LogP contribution in [0.1, 0.15) is 45.4 Å². The molecule has 2 rings (SSSR count). The molecule has 1 aliphatic heterocycles. The van der Waals surface area contributed by atoms with E-state index in [2.05, 4.69) is 29.5 Å². The molecular formula is C11H17IN2O. The molecule has 84 valence electrons. The normalized spacial score (nSPS) is 24.0. The van der Waals surface area contributed by atoms with E-state index in [-0.39, 0.29) is 11.4 Å². The standard InChI is InChI=1S/C11H17IN2O/c1-2-5-9-13-11(6-3-4-7-11)10(15)14(9)8-12/h2-8H2,1H3. The summed E-state index contributed by atoms with van der Waals surface area (Å²) in [6.07, 6.45) is 6.25. The highest BCUT2D eigenvalue weighted by atomic mass is 127. The number of carbonyl (C=O) groups excluding carboxylic acids is 1. The van der Waals surface area contributed by atoms with E-state index in [1.807, 2.05) is 4.90 Å². The second-order valence-corrected chi connectivity index (χ2v) is 5.05. The first-order chi connectivity index (χ1) is 7.23. The highest BCUT2D eigenvalue weighted by Gasteiger charge is 2.48. The maximum Gasteiger partial charge on any atom is 0.256 e. The number of amidine groups is 1. The van der Waals surface area contributed by atoms with Gasteiger partial charge >= 0.3 is 0 Å². The van der Waals surface area contributed by atoms with Crippen molar-refractivity contribution in [3.8, 4) is 0 Å². The van der Waals surface area contributed by atoms with Crippen LogP contribution < -0.4 is 0 Å². The average molecular weight is 320 g/mol. The summed E-state index contributed by atoms with van der Waals surface area (Å²) in [5.74, 6) is 1.29. The zero-order valence-corrected chi connectivity index (χ0v) is 11.3. The fraction of sp³-hybridized carbons (Fsp3) is 0.818. The Morgan fingerprint density at radius 2 is 2.13 bits per heavy atom. The highest BCUT2D eigenvalue weighted by molar-refractivity contribution is 14.1. The van der Waals surface area contributed by atoms with Gasteiger partial charge in [0, 0.05) is 6.42 Å². The van der Waals surface area contributed by atoms with Crippen LogP contribution >= 0.6 is 22.6 Å². The minimum absolute atomic E-state index is 0.262. The number of hydrogen-bond acceptors (Lipinski definition) is 2. The van der Waals surface area contributed by atoms with Crippen molar-refractivity contribution >= 4 is 34.3 Å². The molecule has 1 amide bonds. The maximum absolute atomic E-state index is 12.3. The zero-order chi connectivity index (χ0) is 10.9. The highest BCUT2D eigenvalue weighted by Crippen LogP contribution is 2.39. The largest absolute Gasteiger partial charge is 0.289 e. The first kappa shape index (κ1) is 11.4. The lowest BCUT2D eigenvalue weighted by Gasteiger charge is -2.20. The molecule has 1 saturated carbocycles. The van der Waals surface area contributed by atoms with E-state index in [4.69, 9.17) is 4.99 Å². The van der Waals surface area contributed by atoms with Crippen LogP contribution in [0.15, 0.2) is 4.99 Å². The van der Waals surface area contributed by atoms with Gasteiger partial charge in [-0.2, -0.15) is 0 Å². The molecule has 0 radical (unpaired) electrons. The number of carbonyl (C=O) groups is 1. The third kappa shape index (κ3) is 1.81. The number of alkyl halides is 1. The molecule has 0 aromatic rings. The van der Waals surface area contributed by atoms with Crippen molar-refractivity contribution in [2.24, 2.45) is 4.99 Å². The third-order valence-electron chi connectivity index (χ3n) is 3.32. The number of halogens is 1. The van der Waals surface area contributed by atoms with Gasteiger partial charge in [-0.3, -0.25) is 14.7 Å². The molecule has 0 aromatic carbocycles. The SMILES string of the molecule is CCCC1=NC2(CCCC2)C(=O)N1CI. The van der Waals surface area contributed by atoms with E-state index < -0.39 is 0 Å². The number of aliphatic imine (C=N–C) groups is 1. The van der Waals surface area contributed by atoms with Gasteiger partial charge in [-0.15, -0.1) is 0 Å². The van der Waals surface area contributed by atoms with Crippen molar-refractivity contribution in [2.45, 2.75) is 51.0 Å². The Morgan fingerprint density at radius 3 is 2.67 bits per heavy atom. The summed E-state index contributed by atoms with van der Waals surface area (Å²) in [5, 5.41) is 0. The first-order valence-corrected chi connectivity index (χ1v) is 7.23. The van der Waals surface area contributed by atoms with Gasteiger partial charge in [-0.1, -0.05) is 42.4 Å². The molecule has 0 N–H and O–H groups in total. The summed E-state index contributed by atoms with van der Waals surface area (Å²) < 4.78 is 0.747. The van der Waals surface area contributed by atoms with Gasteiger partial charge in [0.25, 0.3) is 5.91 Å². The van der Waals surface area contributed by atoms with Crippen LogP contribution in [0, 0.1) is 0 Å². The van der Waals surface area contributed by atoms with Gasteiger partial charge in [-0.05, 0) is 19.3 Å². The summed E-state index contributed by atoms with van der Waals surface area (Å²) in [6, 6.07) is 0. The zero-order valence-electron chi connectivity index (χ0n) is 9.13. The molecule has 0 bridgehead atoms. The molecule has 1 heterocycles. The first-order valence-electron chi connectivity index (χ1n) is 5.70. The van der Waals surface area contributed by atoms with Crippen LogP contribution in [0.4, 0.5) is 0 Å². The Bertz CT molecular complexity index is 295. The van der Waals surface area contributed by atoms with Gasteiger partial charge in [0.2, 0.25) is 0 Å². The van der Waals surface area contributed by atoms with Crippen LogP contribution in [0.25, 0.3) is 0 Å². The van der Waals surface area contributed by atoms with E-state index in [1.54, 1.807) is 0 Å². The fourth-order valence-corrected chi connectivity index (χ4v) is 3.25. The summed E-state index contributed by atoms with van der Waals surface area (Å²) in [6.45, 7) is 2.14. The molecular weight excluding hydrogens is 303 g/mol. The summed E-state index contributed by atoms with van der Waals surface area (Å²) >= 11 is 2.25. The monoisotopic (exact) mass is 320 g/mol. The molecule has 0 atom stereocenters. The molecule has 1 fully saturated rings. The molecule has 0 saturated heterocycles. The molecule has 2 aliphatic rings. The number of rotatable bonds is 3. The minimum atomic E-state index is -0.338. The smallest absolute Gasteiger partial charge is 0.256 e. The molecule has 0 unspecified atom stereocenters. The average Bonchev–Trinajstić information content (AvgIpc) is 2.77. The van der Waals surface area contributed by atoms with Crippen molar-refractivity contribution in [3.63, 3.8) is 0 Å². The van der Waals surface area contributed by atoms with Gasteiger partial charge < -0.3 is 0 Å². The van der Waals surface area contributed by atoms with Gasteiger partial charge in [0.15, 0.2) is 0 Å². The predicted octanol–water partition coefficient (Wildman–Crippen LogP) is 2.73. The molecule has 15 heavy (non-hydrogen) atoms. The molecule has 4 heteroatoms. The van der Waals surface area contributed by atoms with Crippen LogP contribution in [0.5, 0.6) is 0 Å². The van der Waals surface area contributed by atoms with E-state index in [0.29, 0.717) is 0 Å². The summed E-state index contributed by atoms with van der Waals surface area (Å²) in [7, 11) is 0. The topological polar surface area (TPSA) is 32.7 Å². The third-order valence-corrected chi connectivity index (χ3v) is 4.00. The van der Waals surface area contributed by atoms with Crippen molar-refractivity contribution < 1.29 is 4.79 Å². The van der Waals surface area contributed by atoms with Gasteiger partial charge in [-0.25, -0.2) is 0 Å². The van der Waals surface area contributed by atoms with Crippen LogP contribution in [-0.2, 0) is 4.79 Å². The van der Waals surface area contributed by atoms with E-state index >= 15 is 0 Å². The lowest BCUT2D eigenvalue weighted by atomic mass is 9.98.